The fraction of sp³-hybridized carbons (Fsp3) is 0.600. The summed E-state index contributed by atoms with van der Waals surface area (Å²) in [5.74, 6) is 1.65. The van der Waals surface area contributed by atoms with Crippen LogP contribution in [0.4, 0.5) is 0 Å². The predicted molar refractivity (Wildman–Crippen MR) is 74.9 cm³/mol. The van der Waals surface area contributed by atoms with Crippen LogP contribution in [0.15, 0.2) is 24.3 Å². The molecule has 2 rings (SSSR count). The highest BCUT2D eigenvalue weighted by molar-refractivity contribution is 5.27. The van der Waals surface area contributed by atoms with Gasteiger partial charge in [-0.15, -0.1) is 0 Å². The van der Waals surface area contributed by atoms with Crippen LogP contribution in [0.25, 0.3) is 0 Å². The van der Waals surface area contributed by atoms with Crippen LogP contribution in [-0.4, -0.2) is 37.7 Å². The van der Waals surface area contributed by atoms with Crippen LogP contribution in [0.2, 0.25) is 0 Å². The third-order valence-electron chi connectivity index (χ3n) is 3.60. The van der Waals surface area contributed by atoms with Crippen molar-refractivity contribution in [2.24, 2.45) is 11.7 Å². The third kappa shape index (κ3) is 4.00. The first-order valence-electron chi connectivity index (χ1n) is 6.90. The van der Waals surface area contributed by atoms with Crippen molar-refractivity contribution in [3.63, 3.8) is 0 Å². The number of aryl methyl sites for hydroxylation is 1. The molecule has 100 valence electrons. The Kier molecular flexibility index (Phi) is 5.02. The summed E-state index contributed by atoms with van der Waals surface area (Å²) in [6, 6.07) is 8.23. The summed E-state index contributed by atoms with van der Waals surface area (Å²) in [4.78, 5) is 2.47. The van der Waals surface area contributed by atoms with Gasteiger partial charge in [0.2, 0.25) is 0 Å². The Labute approximate surface area is 110 Å². The zero-order valence-corrected chi connectivity index (χ0v) is 11.3. The van der Waals surface area contributed by atoms with Gasteiger partial charge in [-0.3, -0.25) is 4.90 Å². The van der Waals surface area contributed by atoms with Crippen molar-refractivity contribution in [2.45, 2.75) is 19.8 Å². The Morgan fingerprint density at radius 3 is 3.11 bits per heavy atom. The highest BCUT2D eigenvalue weighted by Gasteiger charge is 2.18. The lowest BCUT2D eigenvalue weighted by Crippen LogP contribution is -2.40. The summed E-state index contributed by atoms with van der Waals surface area (Å²) in [7, 11) is 0. The second kappa shape index (κ2) is 6.76. The molecule has 0 aliphatic carbocycles. The molecular formula is C15H24N2O. The van der Waals surface area contributed by atoms with Gasteiger partial charge < -0.3 is 10.5 Å². The minimum atomic E-state index is 0.678. The van der Waals surface area contributed by atoms with Gasteiger partial charge in [0.05, 0.1) is 0 Å². The van der Waals surface area contributed by atoms with Crippen molar-refractivity contribution in [2.75, 3.05) is 32.8 Å². The minimum absolute atomic E-state index is 0.678. The molecule has 1 unspecified atom stereocenters. The van der Waals surface area contributed by atoms with E-state index in [4.69, 9.17) is 10.5 Å². The molecule has 1 saturated heterocycles. The monoisotopic (exact) mass is 248 g/mol. The lowest BCUT2D eigenvalue weighted by Gasteiger charge is -2.31. The Morgan fingerprint density at radius 1 is 1.44 bits per heavy atom. The molecule has 2 N–H and O–H groups in total. The molecule has 1 atom stereocenters. The van der Waals surface area contributed by atoms with Gasteiger partial charge in [0, 0.05) is 13.1 Å². The molecule has 1 aromatic carbocycles. The Morgan fingerprint density at radius 2 is 2.33 bits per heavy atom. The highest BCUT2D eigenvalue weighted by atomic mass is 16.5. The smallest absolute Gasteiger partial charge is 0.119 e. The average Bonchev–Trinajstić information content (AvgIpc) is 2.39. The van der Waals surface area contributed by atoms with E-state index < -0.39 is 0 Å². The summed E-state index contributed by atoms with van der Waals surface area (Å²) in [6.45, 7) is 6.99. The molecule has 1 aromatic rings. The molecule has 0 saturated carbocycles. The van der Waals surface area contributed by atoms with Crippen molar-refractivity contribution in [1.29, 1.82) is 0 Å². The van der Waals surface area contributed by atoms with Crippen LogP contribution in [0.3, 0.4) is 0 Å². The average molecular weight is 248 g/mol. The summed E-state index contributed by atoms with van der Waals surface area (Å²) >= 11 is 0. The lowest BCUT2D eigenvalue weighted by atomic mass is 9.98. The lowest BCUT2D eigenvalue weighted by molar-refractivity contribution is 0.149. The summed E-state index contributed by atoms with van der Waals surface area (Å²) < 4.78 is 5.79. The van der Waals surface area contributed by atoms with Gasteiger partial charge in [0.25, 0.3) is 0 Å². The molecule has 0 spiro atoms. The standard InChI is InChI=1S/C15H24N2O/c1-13-4-2-6-15(10-13)18-9-8-17-7-3-5-14(11-16)12-17/h2,4,6,10,14H,3,5,7-9,11-12,16H2,1H3. The Bertz CT molecular complexity index is 367. The molecule has 3 nitrogen and oxygen atoms in total. The zero-order chi connectivity index (χ0) is 12.8. The van der Waals surface area contributed by atoms with Crippen LogP contribution in [0.5, 0.6) is 5.75 Å². The normalized spacial score (nSPS) is 20.9. The van der Waals surface area contributed by atoms with E-state index >= 15 is 0 Å². The van der Waals surface area contributed by atoms with Crippen LogP contribution in [0, 0.1) is 12.8 Å². The number of hydrogen-bond donors (Lipinski definition) is 1. The van der Waals surface area contributed by atoms with E-state index in [0.717, 1.165) is 32.0 Å². The SMILES string of the molecule is Cc1cccc(OCCN2CCCC(CN)C2)c1. The number of benzene rings is 1. The van der Waals surface area contributed by atoms with Crippen molar-refractivity contribution < 1.29 is 4.74 Å². The van der Waals surface area contributed by atoms with Gasteiger partial charge >= 0.3 is 0 Å². The van der Waals surface area contributed by atoms with E-state index in [1.807, 2.05) is 12.1 Å². The number of rotatable bonds is 5. The number of nitrogens with two attached hydrogens (primary N) is 1. The molecule has 1 fully saturated rings. The molecule has 1 aliphatic heterocycles. The van der Waals surface area contributed by atoms with Gasteiger partial charge in [-0.25, -0.2) is 0 Å². The molecule has 3 heteroatoms. The number of nitrogens with zero attached hydrogens (tertiary/aromatic N) is 1. The van der Waals surface area contributed by atoms with E-state index in [1.54, 1.807) is 0 Å². The molecule has 1 aliphatic rings. The first kappa shape index (κ1) is 13.4. The summed E-state index contributed by atoms with van der Waals surface area (Å²) in [6.07, 6.45) is 2.55. The Hall–Kier alpha value is -1.06. The van der Waals surface area contributed by atoms with Gasteiger partial charge in [-0.2, -0.15) is 0 Å². The van der Waals surface area contributed by atoms with E-state index in [0.29, 0.717) is 5.92 Å². The number of ether oxygens (including phenoxy) is 1. The highest BCUT2D eigenvalue weighted by Crippen LogP contribution is 2.16. The second-order valence-corrected chi connectivity index (χ2v) is 5.21. The maximum Gasteiger partial charge on any atom is 0.119 e. The van der Waals surface area contributed by atoms with E-state index in [9.17, 15) is 0 Å². The molecule has 0 radical (unpaired) electrons. The van der Waals surface area contributed by atoms with Crippen molar-refractivity contribution in [1.82, 2.24) is 4.90 Å². The minimum Gasteiger partial charge on any atom is -0.492 e. The van der Waals surface area contributed by atoms with E-state index in [2.05, 4.69) is 24.0 Å². The second-order valence-electron chi connectivity index (χ2n) is 5.21. The van der Waals surface area contributed by atoms with Crippen molar-refractivity contribution in [3.8, 4) is 5.75 Å². The van der Waals surface area contributed by atoms with Gasteiger partial charge in [0.15, 0.2) is 0 Å². The summed E-state index contributed by atoms with van der Waals surface area (Å²) in [5, 5.41) is 0. The molecule has 18 heavy (non-hydrogen) atoms. The predicted octanol–water partition coefficient (Wildman–Crippen LogP) is 2.04. The number of hydrogen-bond acceptors (Lipinski definition) is 3. The fourth-order valence-electron chi connectivity index (χ4n) is 2.54. The topological polar surface area (TPSA) is 38.5 Å². The zero-order valence-electron chi connectivity index (χ0n) is 11.3. The quantitative estimate of drug-likeness (QED) is 0.866. The van der Waals surface area contributed by atoms with Gasteiger partial charge in [-0.1, -0.05) is 12.1 Å². The van der Waals surface area contributed by atoms with Crippen LogP contribution in [0.1, 0.15) is 18.4 Å². The third-order valence-corrected chi connectivity index (χ3v) is 3.60. The van der Waals surface area contributed by atoms with Crippen LogP contribution in [-0.2, 0) is 0 Å². The van der Waals surface area contributed by atoms with Crippen LogP contribution < -0.4 is 10.5 Å². The maximum atomic E-state index is 5.79. The first-order chi connectivity index (χ1) is 8.78. The largest absolute Gasteiger partial charge is 0.492 e. The fourth-order valence-corrected chi connectivity index (χ4v) is 2.54. The molecular weight excluding hydrogens is 224 g/mol. The molecule has 0 bridgehead atoms. The van der Waals surface area contributed by atoms with E-state index in [1.165, 1.54) is 24.9 Å². The molecule has 0 amide bonds. The molecule has 0 aromatic heterocycles. The van der Waals surface area contributed by atoms with Crippen LogP contribution >= 0.6 is 0 Å². The first-order valence-corrected chi connectivity index (χ1v) is 6.90. The number of piperidine rings is 1. The van der Waals surface area contributed by atoms with Gasteiger partial charge in [-0.05, 0) is 56.5 Å². The van der Waals surface area contributed by atoms with Crippen molar-refractivity contribution in [3.05, 3.63) is 29.8 Å². The Balaban J connectivity index is 1.72. The number of likely N-dealkylation sites (tertiary alicyclic amines) is 1. The maximum absolute atomic E-state index is 5.79. The van der Waals surface area contributed by atoms with Gasteiger partial charge in [0.1, 0.15) is 12.4 Å². The van der Waals surface area contributed by atoms with E-state index in [-0.39, 0.29) is 0 Å². The molecule has 1 heterocycles. The van der Waals surface area contributed by atoms with Crippen molar-refractivity contribution >= 4 is 0 Å². The summed E-state index contributed by atoms with van der Waals surface area (Å²) in [5.41, 5.74) is 6.99.